The number of para-hydroxylation sites is 1. The molecule has 1 heterocycles. The Labute approximate surface area is 241 Å². The molecular weight excluding hydrogens is 559 g/mol. The second-order valence-corrected chi connectivity index (χ2v) is 9.38. The number of hydrogen-bond acceptors (Lipinski definition) is 8. The van der Waals surface area contributed by atoms with Gasteiger partial charge in [-0.2, -0.15) is 0 Å². The van der Waals surface area contributed by atoms with Crippen LogP contribution in [0.3, 0.4) is 0 Å². The molecule has 4 rings (SSSR count). The number of aromatic nitrogens is 1. The number of benzene rings is 3. The van der Waals surface area contributed by atoms with Crippen LogP contribution in [0.1, 0.15) is 33.2 Å². The number of esters is 1. The number of aromatic hydroxyl groups is 2. The van der Waals surface area contributed by atoms with Crippen molar-refractivity contribution in [2.24, 2.45) is 0 Å². The minimum absolute atomic E-state index is 0. The van der Waals surface area contributed by atoms with Crippen LogP contribution in [0, 0.1) is 0 Å². The Morgan fingerprint density at radius 3 is 2.15 bits per heavy atom. The second-order valence-electron chi connectivity index (χ2n) is 8.56. The number of methoxy groups -OCH3 is 2. The highest BCUT2D eigenvalue weighted by atomic mass is 35.5. The Bertz CT molecular complexity index is 1430. The fourth-order valence-corrected chi connectivity index (χ4v) is 4.53. The molecule has 0 spiro atoms. The molecule has 0 amide bonds. The van der Waals surface area contributed by atoms with E-state index in [1.165, 1.54) is 19.2 Å². The molecule has 0 unspecified atom stereocenters. The van der Waals surface area contributed by atoms with E-state index in [0.29, 0.717) is 44.8 Å². The molecule has 0 fully saturated rings. The number of carbonyl (C=O) groups excluding carboxylic acids is 1. The molecule has 4 aromatic rings. The number of halogens is 2. The Morgan fingerprint density at radius 2 is 1.55 bits per heavy atom. The van der Waals surface area contributed by atoms with E-state index in [-0.39, 0.29) is 29.1 Å². The number of pyridine rings is 1. The summed E-state index contributed by atoms with van der Waals surface area (Å²) in [5, 5.41) is 23.7. The molecule has 1 aromatic heterocycles. The summed E-state index contributed by atoms with van der Waals surface area (Å²) in [4.78, 5) is 16.1. The van der Waals surface area contributed by atoms with Gasteiger partial charge in [0.05, 0.1) is 19.8 Å². The number of carbonyl (C=O) groups is 1. The molecule has 9 nitrogen and oxygen atoms in total. The number of nitrogens with one attached hydrogen (secondary N) is 2. The number of hydrogen-bond donors (Lipinski definition) is 3. The largest absolute Gasteiger partial charge is 0.870 e. The van der Waals surface area contributed by atoms with E-state index >= 15 is 0 Å². The minimum Gasteiger partial charge on any atom is -0.870 e. The standard InChI is InChI=1S/C29H26Cl2N2O6.H2O/c1-37-25-11-10-19(12-27(25)38-2)26(13-20-21(30)15-32-16-22(20)31)39-29(36)18-8-6-17(7-9-18)14-33-28-23(34)4-3-5-24(28)35;/h3-12,15-16,26,33-35H,13-14H2,1-2H3;1H2/t26-;/m0./s1. The normalized spacial score (nSPS) is 11.2. The molecule has 1 atom stereocenters. The zero-order chi connectivity index (χ0) is 27.9. The van der Waals surface area contributed by atoms with E-state index in [0.717, 1.165) is 5.56 Å². The van der Waals surface area contributed by atoms with Crippen molar-refractivity contribution in [1.82, 2.24) is 0 Å². The van der Waals surface area contributed by atoms with Gasteiger partial charge in [-0.1, -0.05) is 47.5 Å². The second kappa shape index (κ2) is 13.7. The van der Waals surface area contributed by atoms with Gasteiger partial charge in [0.15, 0.2) is 23.9 Å². The third-order valence-corrected chi connectivity index (χ3v) is 6.77. The predicted molar refractivity (Wildman–Crippen MR) is 150 cm³/mol. The summed E-state index contributed by atoms with van der Waals surface area (Å²) in [6.07, 6.45) is 2.70. The van der Waals surface area contributed by atoms with Crippen LogP contribution in [0.15, 0.2) is 73.1 Å². The number of phenols is 2. The van der Waals surface area contributed by atoms with Crippen LogP contribution in [-0.2, 0) is 17.7 Å². The lowest BCUT2D eigenvalue weighted by molar-refractivity contribution is -0.377. The number of aromatic amines is 1. The first kappa shape index (κ1) is 30.4. The van der Waals surface area contributed by atoms with Gasteiger partial charge in [-0.3, -0.25) is 0 Å². The smallest absolute Gasteiger partial charge is 0.338 e. The van der Waals surface area contributed by atoms with Gasteiger partial charge in [0, 0.05) is 18.5 Å². The topological polar surface area (TPSA) is 141 Å². The summed E-state index contributed by atoms with van der Waals surface area (Å²) >= 11 is 12.8. The average molecular weight is 587 g/mol. The molecule has 210 valence electrons. The predicted octanol–water partition coefficient (Wildman–Crippen LogP) is 5.81. The monoisotopic (exact) mass is 586 g/mol. The molecule has 0 aliphatic heterocycles. The molecular formula is C29H28Cl2N2O7. The van der Waals surface area contributed by atoms with Crippen molar-refractivity contribution in [2.45, 2.75) is 19.1 Å². The molecule has 40 heavy (non-hydrogen) atoms. The van der Waals surface area contributed by atoms with Crippen molar-refractivity contribution in [3.8, 4) is 23.0 Å². The van der Waals surface area contributed by atoms with Crippen molar-refractivity contribution in [2.75, 3.05) is 19.5 Å². The molecule has 0 radical (unpaired) electrons. The fraction of sp³-hybridized carbons (Fsp3) is 0.172. The molecule has 0 saturated carbocycles. The summed E-state index contributed by atoms with van der Waals surface area (Å²) < 4.78 is 16.7. The zero-order valence-corrected chi connectivity index (χ0v) is 23.2. The Kier molecular flexibility index (Phi) is 10.4. The first-order valence-corrected chi connectivity index (χ1v) is 12.7. The maximum absolute atomic E-state index is 13.2. The fourth-order valence-electron chi connectivity index (χ4n) is 3.99. The van der Waals surface area contributed by atoms with Crippen LogP contribution in [0.2, 0.25) is 10.0 Å². The van der Waals surface area contributed by atoms with Gasteiger partial charge in [0.1, 0.15) is 33.3 Å². The van der Waals surface area contributed by atoms with Gasteiger partial charge in [0.25, 0.3) is 0 Å². The summed E-state index contributed by atoms with van der Waals surface area (Å²) in [5.41, 5.74) is 2.69. The van der Waals surface area contributed by atoms with E-state index in [1.807, 2.05) is 0 Å². The lowest BCUT2D eigenvalue weighted by atomic mass is 10.0. The summed E-state index contributed by atoms with van der Waals surface area (Å²) in [7, 11) is 3.07. The highest BCUT2D eigenvalue weighted by Gasteiger charge is 2.24. The van der Waals surface area contributed by atoms with E-state index in [1.54, 1.807) is 68.0 Å². The van der Waals surface area contributed by atoms with E-state index in [9.17, 15) is 15.0 Å². The maximum Gasteiger partial charge on any atom is 0.338 e. The molecule has 0 bridgehead atoms. The van der Waals surface area contributed by atoms with Crippen LogP contribution in [0.5, 0.6) is 23.0 Å². The van der Waals surface area contributed by atoms with Gasteiger partial charge < -0.3 is 35.2 Å². The average Bonchev–Trinajstić information content (AvgIpc) is 2.94. The summed E-state index contributed by atoms with van der Waals surface area (Å²) in [6, 6.07) is 16.6. The van der Waals surface area contributed by atoms with Gasteiger partial charge in [0.2, 0.25) is 0 Å². The van der Waals surface area contributed by atoms with E-state index in [2.05, 4.69) is 10.3 Å². The van der Waals surface area contributed by atoms with Crippen molar-refractivity contribution in [1.29, 1.82) is 0 Å². The van der Waals surface area contributed by atoms with Gasteiger partial charge >= 0.3 is 5.97 Å². The first-order chi connectivity index (χ1) is 18.8. The van der Waals surface area contributed by atoms with Gasteiger partial charge in [-0.05, 0) is 47.5 Å². The summed E-state index contributed by atoms with van der Waals surface area (Å²) in [5.74, 6) is 0.364. The third-order valence-electron chi connectivity index (χ3n) is 6.09. The number of phenolic OH excluding ortho intramolecular Hbond substituents is 2. The Morgan fingerprint density at radius 1 is 0.925 bits per heavy atom. The lowest BCUT2D eigenvalue weighted by Crippen LogP contribution is -2.16. The Hall–Kier alpha value is -4.18. The molecule has 0 aliphatic carbocycles. The van der Waals surface area contributed by atoms with Crippen molar-refractivity contribution >= 4 is 34.9 Å². The minimum atomic E-state index is -0.736. The Balaban J connectivity index is 0.00000441. The zero-order valence-electron chi connectivity index (χ0n) is 21.7. The van der Waals surface area contributed by atoms with Crippen LogP contribution >= 0.6 is 23.2 Å². The lowest BCUT2D eigenvalue weighted by Gasteiger charge is -2.20. The number of H-pyrrole nitrogens is 1. The van der Waals surface area contributed by atoms with Crippen molar-refractivity contribution in [3.05, 3.63) is 105 Å². The molecule has 0 saturated heterocycles. The summed E-state index contributed by atoms with van der Waals surface area (Å²) in [6.45, 7) is 0.316. The number of anilines is 1. The van der Waals surface area contributed by atoms with Crippen LogP contribution in [-0.4, -0.2) is 35.9 Å². The molecule has 0 aliphatic rings. The quantitative estimate of drug-likeness (QED) is 0.156. The molecule has 5 N–H and O–H groups in total. The van der Waals surface area contributed by atoms with Crippen LogP contribution in [0.4, 0.5) is 5.69 Å². The van der Waals surface area contributed by atoms with Crippen molar-refractivity contribution in [3.63, 3.8) is 0 Å². The van der Waals surface area contributed by atoms with Crippen LogP contribution in [0.25, 0.3) is 0 Å². The van der Waals surface area contributed by atoms with E-state index < -0.39 is 12.1 Å². The van der Waals surface area contributed by atoms with Crippen molar-refractivity contribution < 1.29 is 39.7 Å². The van der Waals surface area contributed by atoms with Crippen LogP contribution < -0.4 is 19.8 Å². The number of ether oxygens (including phenoxy) is 3. The number of rotatable bonds is 10. The highest BCUT2D eigenvalue weighted by Crippen LogP contribution is 2.36. The van der Waals surface area contributed by atoms with E-state index in [4.69, 9.17) is 37.4 Å². The SMILES string of the molecule is COc1ccc([C@H](Cc2c(Cl)c[nH+]cc2Cl)OC(=O)c2ccc(CNc3c(O)cccc3O)cc2)cc1OC.[OH-]. The first-order valence-electron chi connectivity index (χ1n) is 11.9. The highest BCUT2D eigenvalue weighted by molar-refractivity contribution is 6.35. The van der Waals surface area contributed by atoms with Gasteiger partial charge in [-0.15, -0.1) is 0 Å². The maximum atomic E-state index is 13.2. The third kappa shape index (κ3) is 7.06. The molecule has 3 aromatic carbocycles. The molecule has 11 heteroatoms. The van der Waals surface area contributed by atoms with Gasteiger partial charge in [-0.25, -0.2) is 9.78 Å².